The van der Waals surface area contributed by atoms with Gasteiger partial charge in [-0.05, 0) is 37.1 Å². The molecule has 0 radical (unpaired) electrons. The lowest BCUT2D eigenvalue weighted by molar-refractivity contribution is 0.0732. The third kappa shape index (κ3) is 4.00. The second-order valence-corrected chi connectivity index (χ2v) is 7.97. The molecule has 1 aromatic heterocycles. The Morgan fingerprint density at radius 1 is 0.938 bits per heavy atom. The highest BCUT2D eigenvalue weighted by atomic mass is 19.2. The summed E-state index contributed by atoms with van der Waals surface area (Å²) in [5, 5.41) is 0. The average Bonchev–Trinajstić information content (AvgIpc) is 3.36. The number of nitrogens with zero attached hydrogens (tertiary/aromatic N) is 4. The summed E-state index contributed by atoms with van der Waals surface area (Å²) in [5.41, 5.74) is 2.11. The Bertz CT molecular complexity index is 1150. The maximum Gasteiger partial charge on any atom is 0.254 e. The minimum atomic E-state index is -0.994. The molecule has 1 fully saturated rings. The van der Waals surface area contributed by atoms with Crippen LogP contribution in [0.1, 0.15) is 34.5 Å². The number of anilines is 1. The molecule has 0 saturated carbocycles. The van der Waals surface area contributed by atoms with E-state index in [1.165, 1.54) is 6.07 Å². The number of halogens is 2. The molecule has 164 valence electrons. The van der Waals surface area contributed by atoms with Gasteiger partial charge in [-0.15, -0.1) is 0 Å². The predicted octanol–water partition coefficient (Wildman–Crippen LogP) is 4.35. The first-order valence-corrected chi connectivity index (χ1v) is 10.7. The van der Waals surface area contributed by atoms with Gasteiger partial charge in [0.25, 0.3) is 5.91 Å². The van der Waals surface area contributed by atoms with Gasteiger partial charge in [0.15, 0.2) is 11.6 Å². The number of carbonyl (C=O) groups excluding carboxylic acids is 1. The zero-order valence-corrected chi connectivity index (χ0v) is 17.4. The molecule has 0 spiro atoms. The van der Waals surface area contributed by atoms with Gasteiger partial charge in [0.1, 0.15) is 5.75 Å². The molecule has 32 heavy (non-hydrogen) atoms. The molecule has 2 aromatic carbocycles. The number of hydrogen-bond acceptors (Lipinski definition) is 5. The molecule has 2 aliphatic rings. The number of rotatable bonds is 4. The fourth-order valence-electron chi connectivity index (χ4n) is 4.10. The lowest BCUT2D eigenvalue weighted by Gasteiger charge is -2.30. The van der Waals surface area contributed by atoms with Crippen LogP contribution in [0, 0.1) is 11.6 Å². The second-order valence-electron chi connectivity index (χ2n) is 7.97. The zero-order chi connectivity index (χ0) is 22.1. The van der Waals surface area contributed by atoms with E-state index in [-0.39, 0.29) is 24.1 Å². The maximum absolute atomic E-state index is 13.8. The van der Waals surface area contributed by atoms with Crippen molar-refractivity contribution in [2.45, 2.75) is 25.8 Å². The number of amides is 1. The number of fused-ring (bicyclic) bond motifs is 1. The van der Waals surface area contributed by atoms with Crippen molar-refractivity contribution in [3.8, 4) is 11.6 Å². The van der Waals surface area contributed by atoms with Crippen LogP contribution in [0.4, 0.5) is 14.7 Å². The first kappa shape index (κ1) is 20.4. The van der Waals surface area contributed by atoms with Gasteiger partial charge < -0.3 is 14.5 Å². The van der Waals surface area contributed by atoms with Crippen LogP contribution < -0.4 is 9.64 Å². The highest BCUT2D eigenvalue weighted by Gasteiger charge is 2.29. The van der Waals surface area contributed by atoms with E-state index in [9.17, 15) is 13.6 Å². The number of hydrogen-bond donors (Lipinski definition) is 0. The molecule has 0 unspecified atom stereocenters. The highest BCUT2D eigenvalue weighted by Crippen LogP contribution is 2.33. The first-order valence-electron chi connectivity index (χ1n) is 10.7. The molecule has 8 heteroatoms. The largest absolute Gasteiger partial charge is 0.438 e. The van der Waals surface area contributed by atoms with Crippen LogP contribution in [-0.2, 0) is 13.0 Å². The molecule has 0 bridgehead atoms. The normalized spacial score (nSPS) is 15.6. The Morgan fingerprint density at radius 3 is 2.47 bits per heavy atom. The lowest BCUT2D eigenvalue weighted by atomic mass is 10.1. The van der Waals surface area contributed by atoms with E-state index in [1.54, 1.807) is 17.0 Å². The summed E-state index contributed by atoms with van der Waals surface area (Å²) in [5.74, 6) is -1.04. The quantitative estimate of drug-likeness (QED) is 0.609. The standard InChI is InChI=1S/C24H22F2N4O2/c25-19-9-8-17(14-20(19)26)32-22-18-15-30(23(31)16-6-2-1-3-7-16)13-10-21(18)27-24(28-22)29-11-4-5-12-29/h1-3,6-9,14H,4-5,10-13,15H2. The minimum Gasteiger partial charge on any atom is -0.438 e. The van der Waals surface area contributed by atoms with Gasteiger partial charge in [0.05, 0.1) is 17.8 Å². The van der Waals surface area contributed by atoms with Crippen molar-refractivity contribution in [1.29, 1.82) is 0 Å². The Balaban J connectivity index is 1.50. The summed E-state index contributed by atoms with van der Waals surface area (Å²) in [6.07, 6.45) is 2.70. The minimum absolute atomic E-state index is 0.0846. The average molecular weight is 436 g/mol. The summed E-state index contributed by atoms with van der Waals surface area (Å²) >= 11 is 0. The second kappa shape index (κ2) is 8.53. The van der Waals surface area contributed by atoms with E-state index in [1.807, 2.05) is 18.2 Å². The van der Waals surface area contributed by atoms with Gasteiger partial charge in [-0.2, -0.15) is 4.98 Å². The van der Waals surface area contributed by atoms with Crippen LogP contribution in [0.25, 0.3) is 0 Å². The molecule has 3 heterocycles. The summed E-state index contributed by atoms with van der Waals surface area (Å²) in [7, 11) is 0. The third-order valence-corrected chi connectivity index (χ3v) is 5.81. The molecule has 0 atom stereocenters. The van der Waals surface area contributed by atoms with E-state index < -0.39 is 11.6 Å². The first-order chi connectivity index (χ1) is 15.6. The van der Waals surface area contributed by atoms with Gasteiger partial charge in [-0.1, -0.05) is 18.2 Å². The van der Waals surface area contributed by atoms with Crippen LogP contribution in [0.15, 0.2) is 48.5 Å². The molecule has 6 nitrogen and oxygen atoms in total. The van der Waals surface area contributed by atoms with E-state index in [4.69, 9.17) is 9.72 Å². The SMILES string of the molecule is O=C(c1ccccc1)N1CCc2nc(N3CCCC3)nc(Oc3ccc(F)c(F)c3)c2C1. The van der Waals surface area contributed by atoms with E-state index in [0.717, 1.165) is 43.8 Å². The lowest BCUT2D eigenvalue weighted by Crippen LogP contribution is -2.37. The molecular formula is C24H22F2N4O2. The van der Waals surface area contributed by atoms with Crippen molar-refractivity contribution in [3.05, 3.63) is 77.0 Å². The number of benzene rings is 2. The molecule has 3 aromatic rings. The summed E-state index contributed by atoms with van der Waals surface area (Å²) in [6.45, 7) is 2.54. The van der Waals surface area contributed by atoms with Crippen molar-refractivity contribution in [2.24, 2.45) is 0 Å². The molecule has 5 rings (SSSR count). The number of ether oxygens (including phenoxy) is 1. The molecule has 2 aliphatic heterocycles. The fraction of sp³-hybridized carbons (Fsp3) is 0.292. The monoisotopic (exact) mass is 436 g/mol. The zero-order valence-electron chi connectivity index (χ0n) is 17.4. The van der Waals surface area contributed by atoms with Crippen molar-refractivity contribution < 1.29 is 18.3 Å². The van der Waals surface area contributed by atoms with Gasteiger partial charge in [-0.3, -0.25) is 4.79 Å². The fourth-order valence-corrected chi connectivity index (χ4v) is 4.10. The molecule has 1 amide bonds. The van der Waals surface area contributed by atoms with Crippen LogP contribution >= 0.6 is 0 Å². The molecule has 0 N–H and O–H groups in total. The van der Waals surface area contributed by atoms with E-state index in [0.29, 0.717) is 30.0 Å². The smallest absolute Gasteiger partial charge is 0.254 e. The van der Waals surface area contributed by atoms with Crippen molar-refractivity contribution >= 4 is 11.9 Å². The van der Waals surface area contributed by atoms with Gasteiger partial charge >= 0.3 is 0 Å². The van der Waals surface area contributed by atoms with Crippen molar-refractivity contribution in [3.63, 3.8) is 0 Å². The van der Waals surface area contributed by atoms with Crippen LogP contribution in [0.3, 0.4) is 0 Å². The van der Waals surface area contributed by atoms with Crippen molar-refractivity contribution in [2.75, 3.05) is 24.5 Å². The summed E-state index contributed by atoms with van der Waals surface area (Å²) in [6, 6.07) is 12.5. The summed E-state index contributed by atoms with van der Waals surface area (Å²) in [4.78, 5) is 26.2. The Hall–Kier alpha value is -3.55. The molecular weight excluding hydrogens is 414 g/mol. The summed E-state index contributed by atoms with van der Waals surface area (Å²) < 4.78 is 33.1. The van der Waals surface area contributed by atoms with Crippen LogP contribution in [0.5, 0.6) is 11.6 Å². The van der Waals surface area contributed by atoms with Crippen LogP contribution in [-0.4, -0.2) is 40.4 Å². The Kier molecular flexibility index (Phi) is 5.43. The van der Waals surface area contributed by atoms with Crippen LogP contribution in [0.2, 0.25) is 0 Å². The maximum atomic E-state index is 13.8. The third-order valence-electron chi connectivity index (χ3n) is 5.81. The van der Waals surface area contributed by atoms with Crippen molar-refractivity contribution in [1.82, 2.24) is 14.9 Å². The van der Waals surface area contributed by atoms with Gasteiger partial charge in [0, 0.05) is 37.7 Å². The molecule has 1 saturated heterocycles. The van der Waals surface area contributed by atoms with E-state index >= 15 is 0 Å². The Labute approximate surface area is 184 Å². The number of aromatic nitrogens is 2. The topological polar surface area (TPSA) is 58.6 Å². The highest BCUT2D eigenvalue weighted by molar-refractivity contribution is 5.94. The van der Waals surface area contributed by atoms with Gasteiger partial charge in [0.2, 0.25) is 11.8 Å². The predicted molar refractivity (Wildman–Crippen MR) is 115 cm³/mol. The number of carbonyl (C=O) groups is 1. The molecule has 0 aliphatic carbocycles. The van der Waals surface area contributed by atoms with E-state index in [2.05, 4.69) is 9.88 Å². The van der Waals surface area contributed by atoms with Gasteiger partial charge in [-0.25, -0.2) is 13.8 Å². The Morgan fingerprint density at radius 2 is 1.72 bits per heavy atom.